The van der Waals surface area contributed by atoms with Gasteiger partial charge in [0.15, 0.2) is 17.1 Å². The third-order valence-corrected chi connectivity index (χ3v) is 4.84. The Morgan fingerprint density at radius 1 is 1.26 bits per heavy atom. The minimum atomic E-state index is 0.107. The number of benzene rings is 2. The number of nitrogens with one attached hydrogen (secondary N) is 2. The number of phenols is 1. The number of halogens is 1. The largest absolute Gasteiger partial charge is 0.504 e. The van der Waals surface area contributed by atoms with Crippen LogP contribution in [0.5, 0.6) is 11.5 Å². The SMILES string of the molecule is COc1cc(/C=N/Nc2nnc3c(n2)[nH]c2ccc(C)cc23)cc(I)c1O. The molecule has 0 aliphatic rings. The average molecular weight is 474 g/mol. The molecule has 0 aliphatic heterocycles. The van der Waals surface area contributed by atoms with Crippen molar-refractivity contribution in [3.05, 3.63) is 45.0 Å². The smallest absolute Gasteiger partial charge is 0.265 e. The molecule has 9 heteroatoms. The number of aromatic amines is 1. The highest BCUT2D eigenvalue weighted by Crippen LogP contribution is 2.31. The monoisotopic (exact) mass is 474 g/mol. The van der Waals surface area contributed by atoms with Crippen molar-refractivity contribution in [2.24, 2.45) is 5.10 Å². The molecule has 8 nitrogen and oxygen atoms in total. The minimum absolute atomic E-state index is 0.107. The second-order valence-electron chi connectivity index (χ2n) is 5.93. The number of anilines is 1. The van der Waals surface area contributed by atoms with Gasteiger partial charge in [0, 0.05) is 10.9 Å². The molecule has 136 valence electrons. The van der Waals surface area contributed by atoms with Crippen molar-refractivity contribution in [1.82, 2.24) is 20.2 Å². The number of nitrogens with zero attached hydrogens (tertiary/aromatic N) is 4. The van der Waals surface area contributed by atoms with Gasteiger partial charge in [-0.25, -0.2) is 5.43 Å². The van der Waals surface area contributed by atoms with Gasteiger partial charge in [0.2, 0.25) is 0 Å². The first-order valence-electron chi connectivity index (χ1n) is 8.03. The van der Waals surface area contributed by atoms with E-state index in [1.54, 1.807) is 18.3 Å². The molecule has 0 aliphatic carbocycles. The molecule has 2 aromatic carbocycles. The lowest BCUT2D eigenvalue weighted by atomic mass is 10.2. The van der Waals surface area contributed by atoms with Crippen LogP contribution in [-0.4, -0.2) is 38.6 Å². The zero-order valence-electron chi connectivity index (χ0n) is 14.5. The molecule has 0 bridgehead atoms. The van der Waals surface area contributed by atoms with Gasteiger partial charge in [0.05, 0.1) is 16.9 Å². The van der Waals surface area contributed by atoms with Crippen LogP contribution in [0, 0.1) is 10.5 Å². The molecule has 0 radical (unpaired) electrons. The van der Waals surface area contributed by atoms with Crippen molar-refractivity contribution in [1.29, 1.82) is 0 Å². The Kier molecular flexibility index (Phi) is 4.52. The van der Waals surface area contributed by atoms with Gasteiger partial charge in [-0.05, 0) is 59.3 Å². The normalized spacial score (nSPS) is 11.5. The van der Waals surface area contributed by atoms with Gasteiger partial charge in [-0.3, -0.25) is 0 Å². The number of hydrogen-bond acceptors (Lipinski definition) is 7. The standard InChI is InChI=1S/C18H15IN6O2/c1-9-3-4-13-11(5-9)15-17(21-13)22-18(25-23-15)24-20-8-10-6-12(19)16(26)14(7-10)27-2/h3-8,26H,1-2H3,(H2,21,22,24,25)/b20-8+. The highest BCUT2D eigenvalue weighted by atomic mass is 127. The van der Waals surface area contributed by atoms with Crippen LogP contribution in [0.4, 0.5) is 5.95 Å². The number of aromatic hydroxyl groups is 1. The predicted molar refractivity (Wildman–Crippen MR) is 113 cm³/mol. The first-order chi connectivity index (χ1) is 13.0. The molecular weight excluding hydrogens is 459 g/mol. The van der Waals surface area contributed by atoms with E-state index < -0.39 is 0 Å². The van der Waals surface area contributed by atoms with E-state index in [-0.39, 0.29) is 11.7 Å². The lowest BCUT2D eigenvalue weighted by Gasteiger charge is -2.06. The van der Waals surface area contributed by atoms with Crippen LogP contribution in [-0.2, 0) is 0 Å². The van der Waals surface area contributed by atoms with Crippen molar-refractivity contribution >= 4 is 56.8 Å². The molecule has 0 atom stereocenters. The summed E-state index contributed by atoms with van der Waals surface area (Å²) in [4.78, 5) is 7.65. The van der Waals surface area contributed by atoms with Crippen LogP contribution < -0.4 is 10.2 Å². The van der Waals surface area contributed by atoms with Crippen LogP contribution in [0.2, 0.25) is 0 Å². The second-order valence-corrected chi connectivity index (χ2v) is 7.09. The summed E-state index contributed by atoms with van der Waals surface area (Å²) in [5, 5.41) is 23.3. The fourth-order valence-electron chi connectivity index (χ4n) is 2.72. The summed E-state index contributed by atoms with van der Waals surface area (Å²) in [5.41, 5.74) is 7.01. The first-order valence-corrected chi connectivity index (χ1v) is 9.11. The van der Waals surface area contributed by atoms with E-state index >= 15 is 0 Å². The fourth-order valence-corrected chi connectivity index (χ4v) is 3.35. The molecule has 4 rings (SSSR count). The van der Waals surface area contributed by atoms with Crippen LogP contribution in [0.25, 0.3) is 22.1 Å². The topological polar surface area (TPSA) is 108 Å². The number of methoxy groups -OCH3 is 1. The summed E-state index contributed by atoms with van der Waals surface area (Å²) < 4.78 is 5.81. The molecule has 0 saturated heterocycles. The van der Waals surface area contributed by atoms with Crippen LogP contribution >= 0.6 is 22.6 Å². The molecule has 2 heterocycles. The number of rotatable bonds is 4. The Hall–Kier alpha value is -2.95. The Morgan fingerprint density at radius 2 is 2.11 bits per heavy atom. The van der Waals surface area contributed by atoms with Gasteiger partial charge >= 0.3 is 0 Å². The molecule has 0 amide bonds. The van der Waals surface area contributed by atoms with Crippen molar-refractivity contribution in [3.8, 4) is 11.5 Å². The average Bonchev–Trinajstić information content (AvgIpc) is 3.01. The van der Waals surface area contributed by atoms with E-state index in [2.05, 4.69) is 36.8 Å². The molecule has 0 saturated carbocycles. The van der Waals surface area contributed by atoms with Gasteiger partial charge in [0.25, 0.3) is 5.95 Å². The summed E-state index contributed by atoms with van der Waals surface area (Å²) in [7, 11) is 1.50. The minimum Gasteiger partial charge on any atom is -0.504 e. The van der Waals surface area contributed by atoms with E-state index in [0.717, 1.165) is 27.5 Å². The second kappa shape index (κ2) is 6.99. The molecule has 27 heavy (non-hydrogen) atoms. The molecule has 0 spiro atoms. The summed E-state index contributed by atoms with van der Waals surface area (Å²) in [6.45, 7) is 2.03. The highest BCUT2D eigenvalue weighted by molar-refractivity contribution is 14.1. The summed E-state index contributed by atoms with van der Waals surface area (Å²) in [5.74, 6) is 0.772. The van der Waals surface area contributed by atoms with E-state index in [0.29, 0.717) is 15.0 Å². The maximum absolute atomic E-state index is 9.88. The quantitative estimate of drug-likeness (QED) is 0.237. The Morgan fingerprint density at radius 3 is 2.93 bits per heavy atom. The van der Waals surface area contributed by atoms with Crippen LogP contribution in [0.15, 0.2) is 35.4 Å². The fraction of sp³-hybridized carbons (Fsp3) is 0.111. The first kappa shape index (κ1) is 17.5. The summed E-state index contributed by atoms with van der Waals surface area (Å²) in [6.07, 6.45) is 1.59. The van der Waals surface area contributed by atoms with Gasteiger partial charge in [-0.2, -0.15) is 10.1 Å². The molecular formula is C18H15IN6O2. The lowest BCUT2D eigenvalue weighted by molar-refractivity contribution is 0.371. The van der Waals surface area contributed by atoms with Crippen molar-refractivity contribution in [3.63, 3.8) is 0 Å². The molecule has 0 fully saturated rings. The van der Waals surface area contributed by atoms with Gasteiger partial charge in [-0.15, -0.1) is 10.2 Å². The van der Waals surface area contributed by atoms with Gasteiger partial charge in [-0.1, -0.05) is 11.6 Å². The third-order valence-electron chi connectivity index (χ3n) is 4.02. The third kappa shape index (κ3) is 3.37. The van der Waals surface area contributed by atoms with Crippen molar-refractivity contribution in [2.45, 2.75) is 6.92 Å². The molecule has 4 aromatic rings. The number of H-pyrrole nitrogens is 1. The van der Waals surface area contributed by atoms with E-state index in [9.17, 15) is 5.11 Å². The van der Waals surface area contributed by atoms with E-state index in [4.69, 9.17) is 4.74 Å². The highest BCUT2D eigenvalue weighted by Gasteiger charge is 2.09. The Bertz CT molecular complexity index is 1190. The number of fused-ring (bicyclic) bond motifs is 3. The number of ether oxygens (including phenoxy) is 1. The Labute approximate surface area is 167 Å². The van der Waals surface area contributed by atoms with E-state index in [1.165, 1.54) is 7.11 Å². The summed E-state index contributed by atoms with van der Waals surface area (Å²) in [6, 6.07) is 9.55. The maximum Gasteiger partial charge on any atom is 0.265 e. The number of aryl methyl sites for hydroxylation is 1. The lowest BCUT2D eigenvalue weighted by Crippen LogP contribution is -1.99. The predicted octanol–water partition coefficient (Wildman–Crippen LogP) is 3.58. The van der Waals surface area contributed by atoms with Crippen LogP contribution in [0.3, 0.4) is 0 Å². The van der Waals surface area contributed by atoms with Crippen molar-refractivity contribution in [2.75, 3.05) is 12.5 Å². The molecule has 2 aromatic heterocycles. The zero-order chi connectivity index (χ0) is 19.0. The van der Waals surface area contributed by atoms with Gasteiger partial charge in [0.1, 0.15) is 5.52 Å². The molecule has 0 unspecified atom stereocenters. The van der Waals surface area contributed by atoms with E-state index in [1.807, 2.05) is 41.6 Å². The Balaban J connectivity index is 1.59. The number of aromatic nitrogens is 4. The van der Waals surface area contributed by atoms with Crippen molar-refractivity contribution < 1.29 is 9.84 Å². The van der Waals surface area contributed by atoms with Crippen LogP contribution in [0.1, 0.15) is 11.1 Å². The number of phenolic OH excluding ortho intramolecular Hbond substituents is 1. The van der Waals surface area contributed by atoms with Gasteiger partial charge < -0.3 is 14.8 Å². The molecule has 3 N–H and O–H groups in total. The number of hydrogen-bond donors (Lipinski definition) is 3. The zero-order valence-corrected chi connectivity index (χ0v) is 16.6. The summed E-state index contributed by atoms with van der Waals surface area (Å²) >= 11 is 2.03. The maximum atomic E-state index is 9.88. The number of hydrazone groups is 1.